The molecule has 3 heteroatoms. The van der Waals surface area contributed by atoms with Crippen molar-refractivity contribution in [2.24, 2.45) is 23.7 Å². The molecule has 2 nitrogen and oxygen atoms in total. The van der Waals surface area contributed by atoms with Crippen LogP contribution in [0.15, 0.2) is 42.5 Å². The first-order valence-corrected chi connectivity index (χ1v) is 19.7. The van der Waals surface area contributed by atoms with E-state index in [2.05, 4.69) is 93.8 Å². The van der Waals surface area contributed by atoms with Crippen LogP contribution in [0, 0.1) is 37.5 Å². The number of hydrogen-bond acceptors (Lipinski definition) is 2. The van der Waals surface area contributed by atoms with Crippen LogP contribution in [0.1, 0.15) is 127 Å². The zero-order chi connectivity index (χ0) is 31.8. The van der Waals surface area contributed by atoms with Gasteiger partial charge >= 0.3 is 0 Å². The highest BCUT2D eigenvalue weighted by atomic mass is 15.3. The monoisotopic (exact) mass is 620 g/mol. The summed E-state index contributed by atoms with van der Waals surface area (Å²) < 4.78 is 0. The molecule has 4 aliphatic carbocycles. The fraction of sp³-hybridized carbons (Fsp3) is 0.591. The standard InChI is InChI=1S/C44H53BN2/c1-26-18-20-32-39-36(26)41(3)24-22-28-12-7-9-14-30(28)43(41,5)46(39)34-16-11-17-35-38(34)45(32)33-21-19-27(2)37-40(33)47(35)44(6)31-15-10-8-13-29(31)23-25-42(37,44)4/h11,16-21,28-31H,7-10,12-15,22-25H2,1-6H3. The molecule has 4 fully saturated rings. The van der Waals surface area contributed by atoms with E-state index in [1.165, 1.54) is 88.2 Å². The van der Waals surface area contributed by atoms with Gasteiger partial charge in [-0.25, -0.2) is 0 Å². The van der Waals surface area contributed by atoms with Gasteiger partial charge in [0.15, 0.2) is 0 Å². The summed E-state index contributed by atoms with van der Waals surface area (Å²) in [6.07, 6.45) is 16.8. The highest BCUT2D eigenvalue weighted by Gasteiger charge is 2.69. The smallest absolute Gasteiger partial charge is 0.252 e. The summed E-state index contributed by atoms with van der Waals surface area (Å²) in [6, 6.07) is 17.8. The van der Waals surface area contributed by atoms with E-state index >= 15 is 0 Å². The molecule has 8 aliphatic rings. The Morgan fingerprint density at radius 1 is 0.574 bits per heavy atom. The van der Waals surface area contributed by atoms with Crippen molar-refractivity contribution in [3.8, 4) is 0 Å². The van der Waals surface area contributed by atoms with Gasteiger partial charge in [0.2, 0.25) is 0 Å². The maximum atomic E-state index is 3.02. The third kappa shape index (κ3) is 2.84. The molecule has 0 bridgehead atoms. The summed E-state index contributed by atoms with van der Waals surface area (Å²) >= 11 is 0. The molecule has 0 N–H and O–H groups in total. The molecule has 4 saturated carbocycles. The van der Waals surface area contributed by atoms with Gasteiger partial charge in [-0.3, -0.25) is 0 Å². The highest BCUT2D eigenvalue weighted by Crippen LogP contribution is 2.69. The number of fused-ring (bicyclic) bond motifs is 14. The van der Waals surface area contributed by atoms with Gasteiger partial charge in [-0.05, 0) is 141 Å². The van der Waals surface area contributed by atoms with Gasteiger partial charge in [0.25, 0.3) is 6.71 Å². The van der Waals surface area contributed by atoms with E-state index in [1.807, 2.05) is 0 Å². The predicted molar refractivity (Wildman–Crippen MR) is 199 cm³/mol. The van der Waals surface area contributed by atoms with Crippen LogP contribution in [-0.2, 0) is 10.8 Å². The van der Waals surface area contributed by atoms with Gasteiger partial charge in [0.1, 0.15) is 0 Å². The molecular formula is C44H53BN2. The normalized spacial score (nSPS) is 39.7. The van der Waals surface area contributed by atoms with E-state index in [0.29, 0.717) is 6.71 Å². The van der Waals surface area contributed by atoms with Crippen LogP contribution in [0.4, 0.5) is 22.7 Å². The first kappa shape index (κ1) is 28.2. The lowest BCUT2D eigenvalue weighted by molar-refractivity contribution is 0.0332. The number of rotatable bonds is 0. The van der Waals surface area contributed by atoms with Crippen LogP contribution in [-0.4, -0.2) is 17.8 Å². The van der Waals surface area contributed by atoms with Crippen molar-refractivity contribution in [2.75, 3.05) is 9.80 Å². The summed E-state index contributed by atoms with van der Waals surface area (Å²) in [5, 5.41) is 0. The molecule has 0 aromatic heterocycles. The van der Waals surface area contributed by atoms with Gasteiger partial charge < -0.3 is 9.80 Å². The van der Waals surface area contributed by atoms with E-state index in [9.17, 15) is 0 Å². The van der Waals surface area contributed by atoms with Crippen LogP contribution < -0.4 is 26.2 Å². The second-order valence-electron chi connectivity index (χ2n) is 18.5. The fourth-order valence-electron chi connectivity index (χ4n) is 15.1. The second kappa shape index (κ2) is 8.72. The maximum Gasteiger partial charge on any atom is 0.252 e. The molecular weight excluding hydrogens is 567 g/mol. The zero-order valence-electron chi connectivity index (χ0n) is 29.8. The average molecular weight is 621 g/mol. The molecule has 242 valence electrons. The molecule has 4 aliphatic heterocycles. The third-order valence-corrected chi connectivity index (χ3v) is 17.3. The summed E-state index contributed by atoms with van der Waals surface area (Å²) in [6.45, 7) is 16.0. The largest absolute Gasteiger partial charge is 0.335 e. The first-order chi connectivity index (χ1) is 22.7. The Balaban J connectivity index is 1.24. The van der Waals surface area contributed by atoms with E-state index in [0.717, 1.165) is 23.7 Å². The first-order valence-electron chi connectivity index (χ1n) is 19.7. The molecule has 0 spiro atoms. The van der Waals surface area contributed by atoms with E-state index in [4.69, 9.17) is 0 Å². The Hall–Kier alpha value is -2.68. The van der Waals surface area contributed by atoms with Crippen molar-refractivity contribution in [1.29, 1.82) is 0 Å². The lowest BCUT2D eigenvalue weighted by atomic mass is 9.33. The number of hydrogen-bond donors (Lipinski definition) is 0. The van der Waals surface area contributed by atoms with Crippen LogP contribution in [0.5, 0.6) is 0 Å². The molecule has 0 amide bonds. The van der Waals surface area contributed by atoms with Gasteiger partial charge in [0, 0.05) is 33.6 Å². The topological polar surface area (TPSA) is 6.48 Å². The summed E-state index contributed by atoms with van der Waals surface area (Å²) in [5.74, 6) is 3.24. The van der Waals surface area contributed by atoms with E-state index in [-0.39, 0.29) is 21.9 Å². The van der Waals surface area contributed by atoms with Gasteiger partial charge in [-0.1, -0.05) is 82.7 Å². The minimum atomic E-state index is 0.0983. The number of aryl methyl sites for hydroxylation is 2. The Morgan fingerprint density at radius 2 is 1.02 bits per heavy atom. The van der Waals surface area contributed by atoms with Crippen LogP contribution in [0.3, 0.4) is 0 Å². The van der Waals surface area contributed by atoms with Crippen LogP contribution >= 0.6 is 0 Å². The van der Waals surface area contributed by atoms with Crippen molar-refractivity contribution in [3.63, 3.8) is 0 Å². The number of anilines is 4. The molecule has 3 aromatic rings. The summed E-state index contributed by atoms with van der Waals surface area (Å²) in [5.41, 5.74) is 18.1. The lowest BCUT2D eigenvalue weighted by Gasteiger charge is -2.61. The lowest BCUT2D eigenvalue weighted by Crippen LogP contribution is -2.69. The van der Waals surface area contributed by atoms with Crippen molar-refractivity contribution < 1.29 is 0 Å². The van der Waals surface area contributed by atoms with Crippen molar-refractivity contribution >= 4 is 45.9 Å². The summed E-state index contributed by atoms with van der Waals surface area (Å²) in [7, 11) is 0. The Bertz CT molecular complexity index is 1780. The molecule has 0 radical (unpaired) electrons. The van der Waals surface area contributed by atoms with Gasteiger partial charge in [0.05, 0.1) is 11.1 Å². The number of benzene rings is 3. The number of nitrogens with zero attached hydrogens (tertiary/aromatic N) is 2. The Labute approximate surface area is 283 Å². The fourth-order valence-corrected chi connectivity index (χ4v) is 15.1. The molecule has 47 heavy (non-hydrogen) atoms. The van der Waals surface area contributed by atoms with Crippen molar-refractivity contribution in [1.82, 2.24) is 0 Å². The van der Waals surface area contributed by atoms with Crippen LogP contribution in [0.25, 0.3) is 0 Å². The molecule has 8 atom stereocenters. The predicted octanol–water partition coefficient (Wildman–Crippen LogP) is 8.98. The highest BCUT2D eigenvalue weighted by molar-refractivity contribution is 7.00. The summed E-state index contributed by atoms with van der Waals surface area (Å²) in [4.78, 5) is 6.04. The van der Waals surface area contributed by atoms with Crippen molar-refractivity contribution in [3.05, 3.63) is 64.7 Å². The van der Waals surface area contributed by atoms with Crippen LogP contribution in [0.2, 0.25) is 0 Å². The molecule has 4 heterocycles. The molecule has 3 aromatic carbocycles. The average Bonchev–Trinajstić information content (AvgIpc) is 3.45. The molecule has 11 rings (SSSR count). The second-order valence-corrected chi connectivity index (χ2v) is 18.5. The SMILES string of the molecule is Cc1ccc2c3c1C1(C)CCC4CCCCC4C1(C)N3c1cccc3c1B2c1ccc(C)c2c1N3C1(C)C3CCCCC3CCC21C. The molecule has 8 unspecified atom stereocenters. The zero-order valence-corrected chi connectivity index (χ0v) is 29.8. The quantitative estimate of drug-likeness (QED) is 0.232. The molecule has 0 saturated heterocycles. The Kier molecular flexibility index (Phi) is 5.23. The van der Waals surface area contributed by atoms with Crippen molar-refractivity contribution in [2.45, 2.75) is 141 Å². The minimum Gasteiger partial charge on any atom is -0.335 e. The van der Waals surface area contributed by atoms with Gasteiger partial charge in [-0.15, -0.1) is 0 Å². The van der Waals surface area contributed by atoms with E-state index < -0.39 is 0 Å². The minimum absolute atomic E-state index is 0.0983. The van der Waals surface area contributed by atoms with Gasteiger partial charge in [-0.2, -0.15) is 0 Å². The maximum absolute atomic E-state index is 3.02. The Morgan fingerprint density at radius 3 is 1.49 bits per heavy atom. The van der Waals surface area contributed by atoms with E-state index in [1.54, 1.807) is 50.3 Å². The third-order valence-electron chi connectivity index (χ3n) is 17.3.